The number of benzene rings is 1. The SMILES string of the molecule is C=CCNC(=O)c1nn(-c2ccccc2)nc1C. The number of aromatic nitrogens is 3. The molecule has 0 fully saturated rings. The standard InChI is InChI=1S/C13H14N4O/c1-3-9-14-13(18)12-10(2)15-17(16-12)11-7-5-4-6-8-11/h3-8H,1,9H2,2H3,(H,14,18). The summed E-state index contributed by atoms with van der Waals surface area (Å²) in [5.74, 6) is -0.241. The van der Waals surface area contributed by atoms with E-state index in [0.717, 1.165) is 5.69 Å². The number of rotatable bonds is 4. The summed E-state index contributed by atoms with van der Waals surface area (Å²) in [5.41, 5.74) is 1.75. The van der Waals surface area contributed by atoms with Gasteiger partial charge < -0.3 is 5.32 Å². The first kappa shape index (κ1) is 12.0. The maximum atomic E-state index is 11.8. The molecule has 1 aromatic carbocycles. The maximum absolute atomic E-state index is 11.8. The number of hydrogen-bond donors (Lipinski definition) is 1. The topological polar surface area (TPSA) is 59.8 Å². The highest BCUT2D eigenvalue weighted by Crippen LogP contribution is 2.07. The molecule has 0 unspecified atom stereocenters. The summed E-state index contributed by atoms with van der Waals surface area (Å²) in [4.78, 5) is 13.3. The van der Waals surface area contributed by atoms with Crippen molar-refractivity contribution in [1.82, 2.24) is 20.3 Å². The van der Waals surface area contributed by atoms with Crippen molar-refractivity contribution in [3.8, 4) is 5.69 Å². The molecular weight excluding hydrogens is 228 g/mol. The molecule has 0 saturated carbocycles. The quantitative estimate of drug-likeness (QED) is 0.826. The highest BCUT2D eigenvalue weighted by Gasteiger charge is 2.15. The highest BCUT2D eigenvalue weighted by molar-refractivity contribution is 5.93. The lowest BCUT2D eigenvalue weighted by atomic mass is 10.3. The van der Waals surface area contributed by atoms with E-state index < -0.39 is 0 Å². The summed E-state index contributed by atoms with van der Waals surface area (Å²) in [6, 6.07) is 9.46. The second-order valence-corrected chi connectivity index (χ2v) is 3.76. The third-order valence-electron chi connectivity index (χ3n) is 2.39. The number of carbonyl (C=O) groups excluding carboxylic acids is 1. The molecule has 0 aliphatic rings. The predicted octanol–water partition coefficient (Wildman–Crippen LogP) is 1.49. The number of amides is 1. The summed E-state index contributed by atoms with van der Waals surface area (Å²) in [6.45, 7) is 5.72. The number of hydrogen-bond acceptors (Lipinski definition) is 3. The Bertz CT molecular complexity index is 560. The first-order chi connectivity index (χ1) is 8.72. The summed E-state index contributed by atoms with van der Waals surface area (Å²) >= 11 is 0. The van der Waals surface area contributed by atoms with Crippen LogP contribution in [0.5, 0.6) is 0 Å². The first-order valence-corrected chi connectivity index (χ1v) is 5.61. The van der Waals surface area contributed by atoms with Crippen LogP contribution in [0.1, 0.15) is 16.2 Å². The molecular formula is C13H14N4O. The zero-order valence-electron chi connectivity index (χ0n) is 10.1. The van der Waals surface area contributed by atoms with Crippen LogP contribution in [0.3, 0.4) is 0 Å². The summed E-state index contributed by atoms with van der Waals surface area (Å²) in [6.07, 6.45) is 1.62. The molecule has 0 aliphatic heterocycles. The molecule has 1 amide bonds. The molecule has 0 atom stereocenters. The molecule has 1 aromatic heterocycles. The summed E-state index contributed by atoms with van der Waals surface area (Å²) in [5, 5.41) is 11.1. The van der Waals surface area contributed by atoms with E-state index in [1.807, 2.05) is 30.3 Å². The van der Waals surface area contributed by atoms with E-state index in [2.05, 4.69) is 22.1 Å². The second-order valence-electron chi connectivity index (χ2n) is 3.76. The Balaban J connectivity index is 2.27. The number of nitrogens with one attached hydrogen (secondary N) is 1. The molecule has 5 nitrogen and oxygen atoms in total. The summed E-state index contributed by atoms with van der Waals surface area (Å²) < 4.78 is 0. The van der Waals surface area contributed by atoms with Crippen molar-refractivity contribution in [1.29, 1.82) is 0 Å². The van der Waals surface area contributed by atoms with Crippen molar-refractivity contribution in [2.24, 2.45) is 0 Å². The van der Waals surface area contributed by atoms with Gasteiger partial charge in [-0.15, -0.1) is 11.7 Å². The lowest BCUT2D eigenvalue weighted by Crippen LogP contribution is -2.24. The van der Waals surface area contributed by atoms with Crippen molar-refractivity contribution in [2.45, 2.75) is 6.92 Å². The third-order valence-corrected chi connectivity index (χ3v) is 2.39. The van der Waals surface area contributed by atoms with Crippen LogP contribution < -0.4 is 5.32 Å². The Morgan fingerprint density at radius 1 is 1.39 bits per heavy atom. The molecule has 0 saturated heterocycles. The fourth-order valence-electron chi connectivity index (χ4n) is 1.51. The fraction of sp³-hybridized carbons (Fsp3) is 0.154. The monoisotopic (exact) mass is 242 g/mol. The van der Waals surface area contributed by atoms with Crippen molar-refractivity contribution in [2.75, 3.05) is 6.54 Å². The van der Waals surface area contributed by atoms with Crippen LogP contribution in [-0.4, -0.2) is 27.4 Å². The molecule has 0 bridgehead atoms. The zero-order chi connectivity index (χ0) is 13.0. The Hall–Kier alpha value is -2.43. The van der Waals surface area contributed by atoms with Gasteiger partial charge in [0.1, 0.15) is 0 Å². The van der Waals surface area contributed by atoms with Crippen LogP contribution in [0.4, 0.5) is 0 Å². The lowest BCUT2D eigenvalue weighted by molar-refractivity contribution is 0.0952. The molecule has 5 heteroatoms. The molecule has 1 N–H and O–H groups in total. The van der Waals surface area contributed by atoms with Crippen molar-refractivity contribution in [3.05, 3.63) is 54.4 Å². The van der Waals surface area contributed by atoms with Crippen LogP contribution in [-0.2, 0) is 0 Å². The first-order valence-electron chi connectivity index (χ1n) is 5.61. The average Bonchev–Trinajstić information content (AvgIpc) is 2.79. The Morgan fingerprint density at radius 3 is 2.78 bits per heavy atom. The molecule has 2 aromatic rings. The van der Waals surface area contributed by atoms with E-state index >= 15 is 0 Å². The van der Waals surface area contributed by atoms with E-state index in [0.29, 0.717) is 17.9 Å². The zero-order valence-corrected chi connectivity index (χ0v) is 10.1. The van der Waals surface area contributed by atoms with Gasteiger partial charge in [-0.1, -0.05) is 24.3 Å². The van der Waals surface area contributed by atoms with Crippen LogP contribution >= 0.6 is 0 Å². The molecule has 2 rings (SSSR count). The van der Waals surface area contributed by atoms with Gasteiger partial charge >= 0.3 is 0 Å². The van der Waals surface area contributed by atoms with Gasteiger partial charge in [-0.3, -0.25) is 4.79 Å². The van der Waals surface area contributed by atoms with E-state index in [-0.39, 0.29) is 5.91 Å². The minimum atomic E-state index is -0.241. The predicted molar refractivity (Wildman–Crippen MR) is 68.6 cm³/mol. The van der Waals surface area contributed by atoms with Gasteiger partial charge in [0.15, 0.2) is 5.69 Å². The van der Waals surface area contributed by atoms with E-state index in [9.17, 15) is 4.79 Å². The number of para-hydroxylation sites is 1. The number of nitrogens with zero attached hydrogens (tertiary/aromatic N) is 3. The van der Waals surface area contributed by atoms with Crippen LogP contribution in [0.2, 0.25) is 0 Å². The van der Waals surface area contributed by atoms with E-state index in [1.165, 1.54) is 4.80 Å². The van der Waals surface area contributed by atoms with Gasteiger partial charge in [0.2, 0.25) is 0 Å². The molecule has 0 spiro atoms. The lowest BCUT2D eigenvalue weighted by Gasteiger charge is -1.98. The molecule has 0 radical (unpaired) electrons. The average molecular weight is 242 g/mol. The van der Waals surface area contributed by atoms with Crippen molar-refractivity contribution < 1.29 is 4.79 Å². The van der Waals surface area contributed by atoms with Crippen LogP contribution in [0.15, 0.2) is 43.0 Å². The molecule has 18 heavy (non-hydrogen) atoms. The van der Waals surface area contributed by atoms with Crippen molar-refractivity contribution >= 4 is 5.91 Å². The number of aryl methyl sites for hydroxylation is 1. The van der Waals surface area contributed by atoms with Crippen molar-refractivity contribution in [3.63, 3.8) is 0 Å². The minimum Gasteiger partial charge on any atom is -0.347 e. The Morgan fingerprint density at radius 2 is 2.11 bits per heavy atom. The normalized spacial score (nSPS) is 10.1. The molecule has 0 aliphatic carbocycles. The largest absolute Gasteiger partial charge is 0.347 e. The fourth-order valence-corrected chi connectivity index (χ4v) is 1.51. The Kier molecular flexibility index (Phi) is 3.52. The van der Waals surface area contributed by atoms with Gasteiger partial charge in [-0.25, -0.2) is 0 Å². The maximum Gasteiger partial charge on any atom is 0.274 e. The molecule has 92 valence electrons. The Labute approximate surface area is 105 Å². The van der Waals surface area contributed by atoms with Gasteiger partial charge in [-0.2, -0.15) is 9.90 Å². The van der Waals surface area contributed by atoms with E-state index in [1.54, 1.807) is 13.0 Å². The van der Waals surface area contributed by atoms with Crippen LogP contribution in [0.25, 0.3) is 5.69 Å². The van der Waals surface area contributed by atoms with Gasteiger partial charge in [0.05, 0.1) is 11.4 Å². The van der Waals surface area contributed by atoms with Gasteiger partial charge in [0.25, 0.3) is 5.91 Å². The van der Waals surface area contributed by atoms with Gasteiger partial charge in [-0.05, 0) is 19.1 Å². The minimum absolute atomic E-state index is 0.241. The number of carbonyl (C=O) groups is 1. The van der Waals surface area contributed by atoms with Gasteiger partial charge in [0, 0.05) is 6.54 Å². The molecule has 1 heterocycles. The van der Waals surface area contributed by atoms with Crippen LogP contribution in [0, 0.1) is 6.92 Å². The third kappa shape index (κ3) is 2.45. The van der Waals surface area contributed by atoms with E-state index in [4.69, 9.17) is 0 Å². The second kappa shape index (κ2) is 5.27. The summed E-state index contributed by atoms with van der Waals surface area (Å²) in [7, 11) is 0. The smallest absolute Gasteiger partial charge is 0.274 e. The highest BCUT2D eigenvalue weighted by atomic mass is 16.2.